The molecule has 1 atom stereocenters. The van der Waals surface area contributed by atoms with Crippen LogP contribution in [0, 0.1) is 0 Å². The number of hydrogen-bond donors (Lipinski definition) is 0. The van der Waals surface area contributed by atoms with Gasteiger partial charge in [-0.15, -0.1) is 0 Å². The molecule has 170 valence electrons. The summed E-state index contributed by atoms with van der Waals surface area (Å²) in [5.74, 6) is 1.91. The van der Waals surface area contributed by atoms with Crippen molar-refractivity contribution in [2.75, 3.05) is 40.4 Å². The number of ether oxygens (including phenoxy) is 2. The molecule has 0 N–H and O–H groups in total. The lowest BCUT2D eigenvalue weighted by Crippen LogP contribution is -2.58. The van der Waals surface area contributed by atoms with Crippen molar-refractivity contribution < 1.29 is 14.3 Å². The number of carbonyl (C=O) groups is 1. The average molecular weight is 443 g/mol. The van der Waals surface area contributed by atoms with Crippen LogP contribution >= 0.6 is 0 Å². The molecule has 5 heteroatoms. The summed E-state index contributed by atoms with van der Waals surface area (Å²) in [7, 11) is 3.39. The Morgan fingerprint density at radius 3 is 2.36 bits per heavy atom. The van der Waals surface area contributed by atoms with E-state index in [-0.39, 0.29) is 5.78 Å². The van der Waals surface area contributed by atoms with E-state index < -0.39 is 5.54 Å². The number of rotatable bonds is 6. The molecule has 1 aliphatic carbocycles. The van der Waals surface area contributed by atoms with Crippen LogP contribution in [0.4, 0.5) is 0 Å². The summed E-state index contributed by atoms with van der Waals surface area (Å²) < 4.78 is 11.1. The van der Waals surface area contributed by atoms with Crippen LogP contribution in [0.3, 0.4) is 0 Å². The summed E-state index contributed by atoms with van der Waals surface area (Å²) in [5.41, 5.74) is 3.49. The number of piperazine rings is 1. The Hall–Kier alpha value is -3.15. The maximum atomic E-state index is 14.0. The van der Waals surface area contributed by atoms with Crippen molar-refractivity contribution in [3.8, 4) is 11.5 Å². The molecule has 3 aromatic rings. The third-order valence-electron chi connectivity index (χ3n) is 7.13. The quantitative estimate of drug-likeness (QED) is 0.574. The number of para-hydroxylation sites is 1. The molecule has 0 saturated carbocycles. The second-order valence-corrected chi connectivity index (χ2v) is 8.83. The first kappa shape index (κ1) is 21.7. The molecule has 0 bridgehead atoms. The molecule has 1 heterocycles. The van der Waals surface area contributed by atoms with E-state index in [0.29, 0.717) is 6.42 Å². The number of fused-ring (bicyclic) bond motifs is 1. The van der Waals surface area contributed by atoms with Crippen LogP contribution in [0.5, 0.6) is 11.5 Å². The lowest BCUT2D eigenvalue weighted by Gasteiger charge is -2.45. The zero-order chi connectivity index (χ0) is 22.8. The summed E-state index contributed by atoms with van der Waals surface area (Å²) >= 11 is 0. The van der Waals surface area contributed by atoms with Crippen molar-refractivity contribution in [3.05, 3.63) is 95.1 Å². The van der Waals surface area contributed by atoms with Gasteiger partial charge in [-0.25, -0.2) is 0 Å². The topological polar surface area (TPSA) is 42.0 Å². The van der Waals surface area contributed by atoms with Gasteiger partial charge in [-0.1, -0.05) is 54.6 Å². The highest BCUT2D eigenvalue weighted by Gasteiger charge is 2.51. The molecule has 0 amide bonds. The minimum absolute atomic E-state index is 0.199. The number of carbonyl (C=O) groups excluding carboxylic acids is 1. The number of methoxy groups -OCH3 is 2. The van der Waals surface area contributed by atoms with Gasteiger partial charge in [-0.2, -0.15) is 0 Å². The Labute approximate surface area is 195 Å². The van der Waals surface area contributed by atoms with Crippen LogP contribution in [0.1, 0.15) is 27.0 Å². The van der Waals surface area contributed by atoms with Gasteiger partial charge >= 0.3 is 0 Å². The first-order valence-corrected chi connectivity index (χ1v) is 11.5. The summed E-state index contributed by atoms with van der Waals surface area (Å²) in [4.78, 5) is 18.8. The molecule has 5 rings (SSSR count). The molecule has 0 aromatic heterocycles. The predicted octanol–water partition coefficient (Wildman–Crippen LogP) is 4.16. The molecule has 5 nitrogen and oxygen atoms in total. The zero-order valence-corrected chi connectivity index (χ0v) is 19.3. The van der Waals surface area contributed by atoms with Gasteiger partial charge in [0.1, 0.15) is 17.0 Å². The highest BCUT2D eigenvalue weighted by molar-refractivity contribution is 6.08. The van der Waals surface area contributed by atoms with Crippen LogP contribution < -0.4 is 9.47 Å². The summed E-state index contributed by atoms with van der Waals surface area (Å²) in [6, 6.07) is 24.3. The van der Waals surface area contributed by atoms with Gasteiger partial charge in [0.05, 0.1) is 14.2 Å². The monoisotopic (exact) mass is 442 g/mol. The number of benzene rings is 3. The standard InChI is InChI=1S/C28H30N2O3/c1-32-24-11-7-10-23(18-24)28(19-21-8-3-5-12-25(21)27(28)31)30-16-14-29(15-17-30)20-22-9-4-6-13-26(22)33-2/h3-13,18H,14-17,19-20H2,1-2H3. The maximum absolute atomic E-state index is 14.0. The van der Waals surface area contributed by atoms with Gasteiger partial charge in [0, 0.05) is 50.3 Å². The molecule has 1 saturated heterocycles. The van der Waals surface area contributed by atoms with E-state index in [0.717, 1.165) is 60.9 Å². The molecule has 1 unspecified atom stereocenters. The van der Waals surface area contributed by atoms with Gasteiger partial charge < -0.3 is 9.47 Å². The third kappa shape index (κ3) is 3.81. The van der Waals surface area contributed by atoms with Crippen LogP contribution in [0.15, 0.2) is 72.8 Å². The third-order valence-corrected chi connectivity index (χ3v) is 7.13. The lowest BCUT2D eigenvalue weighted by molar-refractivity contribution is 0.0286. The van der Waals surface area contributed by atoms with Gasteiger partial charge in [0.15, 0.2) is 5.78 Å². The van der Waals surface area contributed by atoms with E-state index >= 15 is 0 Å². The van der Waals surface area contributed by atoms with E-state index in [9.17, 15) is 4.79 Å². The molecular formula is C28H30N2O3. The Kier molecular flexibility index (Phi) is 5.92. The fraction of sp³-hybridized carbons (Fsp3) is 0.321. The zero-order valence-electron chi connectivity index (χ0n) is 19.3. The lowest BCUT2D eigenvalue weighted by atomic mass is 9.83. The number of Topliss-reactive ketones (excluding diaryl/α,β-unsaturated/α-hetero) is 1. The smallest absolute Gasteiger partial charge is 0.188 e. The fourth-order valence-corrected chi connectivity index (χ4v) is 5.39. The normalized spacial score (nSPS) is 21.1. The Morgan fingerprint density at radius 2 is 1.61 bits per heavy atom. The van der Waals surface area contributed by atoms with Crippen molar-refractivity contribution in [2.24, 2.45) is 0 Å². The Balaban J connectivity index is 1.43. The molecule has 0 radical (unpaired) electrons. The highest BCUT2D eigenvalue weighted by Crippen LogP contribution is 2.43. The van der Waals surface area contributed by atoms with Crippen molar-refractivity contribution in [3.63, 3.8) is 0 Å². The average Bonchev–Trinajstić information content (AvgIpc) is 3.18. The predicted molar refractivity (Wildman–Crippen MR) is 129 cm³/mol. The molecular weight excluding hydrogens is 412 g/mol. The van der Waals surface area contributed by atoms with Gasteiger partial charge in [-0.05, 0) is 29.3 Å². The van der Waals surface area contributed by atoms with E-state index in [2.05, 4.69) is 34.1 Å². The largest absolute Gasteiger partial charge is 0.497 e. The summed E-state index contributed by atoms with van der Waals surface area (Å²) in [6.07, 6.45) is 0.696. The molecule has 1 aliphatic heterocycles. The summed E-state index contributed by atoms with van der Waals surface area (Å²) in [5, 5.41) is 0. The first-order chi connectivity index (χ1) is 16.2. The molecule has 1 fully saturated rings. The maximum Gasteiger partial charge on any atom is 0.188 e. The minimum atomic E-state index is -0.686. The van der Waals surface area contributed by atoms with Gasteiger partial charge in [0.2, 0.25) is 0 Å². The number of nitrogens with zero attached hydrogens (tertiary/aromatic N) is 2. The van der Waals surface area contributed by atoms with E-state index in [4.69, 9.17) is 9.47 Å². The van der Waals surface area contributed by atoms with Gasteiger partial charge in [0.25, 0.3) is 0 Å². The van der Waals surface area contributed by atoms with Crippen molar-refractivity contribution in [1.29, 1.82) is 0 Å². The molecule has 3 aromatic carbocycles. The second kappa shape index (κ2) is 9.00. The van der Waals surface area contributed by atoms with Crippen LogP contribution in [0.25, 0.3) is 0 Å². The SMILES string of the molecule is COc1cccc(C2(N3CCN(Cc4ccccc4OC)CC3)Cc3ccccc3C2=O)c1. The number of hydrogen-bond acceptors (Lipinski definition) is 5. The van der Waals surface area contributed by atoms with Crippen LogP contribution in [0.2, 0.25) is 0 Å². The fourth-order valence-electron chi connectivity index (χ4n) is 5.39. The van der Waals surface area contributed by atoms with Crippen LogP contribution in [-0.4, -0.2) is 56.0 Å². The van der Waals surface area contributed by atoms with Crippen molar-refractivity contribution in [1.82, 2.24) is 9.80 Å². The minimum Gasteiger partial charge on any atom is -0.497 e. The molecule has 0 spiro atoms. The van der Waals surface area contributed by atoms with Gasteiger partial charge in [-0.3, -0.25) is 14.6 Å². The van der Waals surface area contributed by atoms with Crippen molar-refractivity contribution >= 4 is 5.78 Å². The summed E-state index contributed by atoms with van der Waals surface area (Å²) in [6.45, 7) is 4.29. The first-order valence-electron chi connectivity index (χ1n) is 11.5. The van der Waals surface area contributed by atoms with E-state index in [1.165, 1.54) is 5.56 Å². The molecule has 2 aliphatic rings. The molecule has 33 heavy (non-hydrogen) atoms. The van der Waals surface area contributed by atoms with Crippen molar-refractivity contribution in [2.45, 2.75) is 18.5 Å². The highest BCUT2D eigenvalue weighted by atomic mass is 16.5. The number of ketones is 1. The van der Waals surface area contributed by atoms with Crippen LogP contribution in [-0.2, 0) is 18.5 Å². The Morgan fingerprint density at radius 1 is 0.848 bits per heavy atom. The van der Waals surface area contributed by atoms with E-state index in [1.807, 2.05) is 48.5 Å². The van der Waals surface area contributed by atoms with E-state index in [1.54, 1.807) is 14.2 Å². The second-order valence-electron chi connectivity index (χ2n) is 8.83. The Bertz CT molecular complexity index is 1150.